The lowest BCUT2D eigenvalue weighted by atomic mass is 9.97. The van der Waals surface area contributed by atoms with Gasteiger partial charge in [0.1, 0.15) is 0 Å². The van der Waals surface area contributed by atoms with Crippen LogP contribution < -0.4 is 0 Å². The molecule has 0 radical (unpaired) electrons. The first-order valence-electron chi connectivity index (χ1n) is 5.00. The molecule has 0 unspecified atom stereocenters. The van der Waals surface area contributed by atoms with Crippen LogP contribution in [0.2, 0.25) is 0 Å². The minimum atomic E-state index is 0.0129. The van der Waals surface area contributed by atoms with Crippen molar-refractivity contribution in [1.82, 2.24) is 4.98 Å². The Morgan fingerprint density at radius 3 is 2.87 bits per heavy atom. The largest absolute Gasteiger partial charge is 0.361 e. The van der Waals surface area contributed by atoms with Gasteiger partial charge < -0.3 is 4.98 Å². The highest BCUT2D eigenvalue weighted by atomic mass is 79.9. The van der Waals surface area contributed by atoms with Gasteiger partial charge in [0.15, 0.2) is 0 Å². The standard InChI is InChI=1S/C13H10BrN/c1-2-13(5-6-13)11-8-15-12-4-3-9(14)7-10(11)12/h1,3-4,7-8,15H,5-6H2. The quantitative estimate of drug-likeness (QED) is 0.754. The molecule has 0 spiro atoms. The third-order valence-electron chi connectivity index (χ3n) is 3.19. The minimum Gasteiger partial charge on any atom is -0.361 e. The number of H-pyrrole nitrogens is 1. The van der Waals surface area contributed by atoms with Crippen LogP contribution in [0.3, 0.4) is 0 Å². The molecule has 1 aliphatic carbocycles. The van der Waals surface area contributed by atoms with E-state index >= 15 is 0 Å². The van der Waals surface area contributed by atoms with Gasteiger partial charge >= 0.3 is 0 Å². The van der Waals surface area contributed by atoms with E-state index in [0.29, 0.717) is 0 Å². The molecule has 0 amide bonds. The molecule has 1 heterocycles. The number of halogens is 1. The summed E-state index contributed by atoms with van der Waals surface area (Å²) in [6, 6.07) is 6.26. The molecule has 3 rings (SSSR count). The number of aromatic nitrogens is 1. The van der Waals surface area contributed by atoms with Crippen molar-refractivity contribution in [2.75, 3.05) is 0 Å². The van der Waals surface area contributed by atoms with Gasteiger partial charge in [-0.25, -0.2) is 0 Å². The van der Waals surface area contributed by atoms with Crippen molar-refractivity contribution in [2.24, 2.45) is 0 Å². The van der Waals surface area contributed by atoms with Crippen LogP contribution >= 0.6 is 15.9 Å². The second-order valence-corrected chi connectivity index (χ2v) is 5.03. The molecule has 0 bridgehead atoms. The van der Waals surface area contributed by atoms with Crippen LogP contribution in [-0.2, 0) is 5.41 Å². The molecule has 0 aliphatic heterocycles. The van der Waals surface area contributed by atoms with E-state index in [2.05, 4.69) is 45.2 Å². The van der Waals surface area contributed by atoms with Crippen LogP contribution in [0.4, 0.5) is 0 Å². The van der Waals surface area contributed by atoms with Gasteiger partial charge in [-0.3, -0.25) is 0 Å². The van der Waals surface area contributed by atoms with Gasteiger partial charge in [0.2, 0.25) is 0 Å². The Balaban J connectivity index is 2.29. The van der Waals surface area contributed by atoms with Crippen molar-refractivity contribution in [1.29, 1.82) is 0 Å². The molecule has 1 fully saturated rings. The Labute approximate surface area is 97.0 Å². The molecule has 0 saturated heterocycles. The molecule has 74 valence electrons. The van der Waals surface area contributed by atoms with Crippen LogP contribution in [0, 0.1) is 12.3 Å². The van der Waals surface area contributed by atoms with Crippen molar-refractivity contribution < 1.29 is 0 Å². The van der Waals surface area contributed by atoms with E-state index in [1.807, 2.05) is 6.07 Å². The molecule has 1 N–H and O–H groups in total. The zero-order valence-electron chi connectivity index (χ0n) is 8.18. The lowest BCUT2D eigenvalue weighted by Crippen LogP contribution is -2.00. The summed E-state index contributed by atoms with van der Waals surface area (Å²) in [5.74, 6) is 2.93. The maximum Gasteiger partial charge on any atom is 0.0582 e. The van der Waals surface area contributed by atoms with E-state index < -0.39 is 0 Å². The first kappa shape index (κ1) is 9.06. The highest BCUT2D eigenvalue weighted by Gasteiger charge is 2.44. The van der Waals surface area contributed by atoms with Crippen LogP contribution in [0.25, 0.3) is 10.9 Å². The van der Waals surface area contributed by atoms with E-state index in [1.165, 1.54) is 10.9 Å². The van der Waals surface area contributed by atoms with E-state index in [0.717, 1.165) is 22.8 Å². The fraction of sp³-hybridized carbons (Fsp3) is 0.231. The van der Waals surface area contributed by atoms with Gasteiger partial charge in [-0.2, -0.15) is 0 Å². The average Bonchev–Trinajstić information content (AvgIpc) is 2.93. The summed E-state index contributed by atoms with van der Waals surface area (Å²) in [6.07, 6.45) is 9.90. The van der Waals surface area contributed by atoms with Gasteiger partial charge in [0.25, 0.3) is 0 Å². The minimum absolute atomic E-state index is 0.0129. The SMILES string of the molecule is C#CC1(c2c[nH]c3ccc(Br)cc23)CC1. The summed E-state index contributed by atoms with van der Waals surface area (Å²) in [6.45, 7) is 0. The topological polar surface area (TPSA) is 15.8 Å². The average molecular weight is 260 g/mol. The summed E-state index contributed by atoms with van der Waals surface area (Å²) in [7, 11) is 0. The van der Waals surface area contributed by atoms with Crippen molar-refractivity contribution >= 4 is 26.8 Å². The maximum absolute atomic E-state index is 5.61. The fourth-order valence-electron chi connectivity index (χ4n) is 2.11. The molecule has 0 atom stereocenters. The van der Waals surface area contributed by atoms with Crippen LogP contribution in [0.1, 0.15) is 18.4 Å². The van der Waals surface area contributed by atoms with Gasteiger partial charge in [0.05, 0.1) is 5.41 Å². The number of nitrogens with one attached hydrogen (secondary N) is 1. The predicted octanol–water partition coefficient (Wildman–Crippen LogP) is 3.60. The molecule has 1 aromatic carbocycles. The molecular weight excluding hydrogens is 250 g/mol. The van der Waals surface area contributed by atoms with E-state index in [-0.39, 0.29) is 5.41 Å². The number of fused-ring (bicyclic) bond motifs is 1. The van der Waals surface area contributed by atoms with Gasteiger partial charge in [0, 0.05) is 21.6 Å². The van der Waals surface area contributed by atoms with Crippen molar-refractivity contribution in [3.05, 3.63) is 34.4 Å². The third-order valence-corrected chi connectivity index (χ3v) is 3.68. The molecule has 1 nitrogen and oxygen atoms in total. The number of hydrogen-bond donors (Lipinski definition) is 1. The maximum atomic E-state index is 5.61. The molecule has 2 heteroatoms. The number of rotatable bonds is 1. The van der Waals surface area contributed by atoms with Gasteiger partial charge in [-0.15, -0.1) is 6.42 Å². The highest BCUT2D eigenvalue weighted by Crippen LogP contribution is 2.49. The first-order chi connectivity index (χ1) is 7.25. The fourth-order valence-corrected chi connectivity index (χ4v) is 2.47. The zero-order chi connectivity index (χ0) is 10.5. The number of hydrogen-bond acceptors (Lipinski definition) is 0. The summed E-state index contributed by atoms with van der Waals surface area (Å²) in [5.41, 5.74) is 2.45. The summed E-state index contributed by atoms with van der Waals surface area (Å²) < 4.78 is 1.10. The molecule has 15 heavy (non-hydrogen) atoms. The van der Waals surface area contributed by atoms with Gasteiger partial charge in [-0.05, 0) is 36.6 Å². The second kappa shape index (κ2) is 2.90. The van der Waals surface area contributed by atoms with E-state index in [4.69, 9.17) is 6.42 Å². The van der Waals surface area contributed by atoms with Crippen molar-refractivity contribution in [3.8, 4) is 12.3 Å². The van der Waals surface area contributed by atoms with E-state index in [1.54, 1.807) is 0 Å². The van der Waals surface area contributed by atoms with E-state index in [9.17, 15) is 0 Å². The summed E-state index contributed by atoms with van der Waals surface area (Å²) >= 11 is 3.49. The number of aromatic amines is 1. The van der Waals surface area contributed by atoms with Crippen LogP contribution in [-0.4, -0.2) is 4.98 Å². The Bertz CT molecular complexity index is 570. The number of benzene rings is 1. The Morgan fingerprint density at radius 1 is 1.40 bits per heavy atom. The Morgan fingerprint density at radius 2 is 2.20 bits per heavy atom. The van der Waals surface area contributed by atoms with Crippen molar-refractivity contribution in [3.63, 3.8) is 0 Å². The lowest BCUT2D eigenvalue weighted by Gasteiger charge is -2.05. The van der Waals surface area contributed by atoms with Gasteiger partial charge in [-0.1, -0.05) is 21.9 Å². The lowest BCUT2D eigenvalue weighted by molar-refractivity contribution is 0.942. The smallest absolute Gasteiger partial charge is 0.0582 e. The molecule has 1 aromatic heterocycles. The molecule has 1 saturated carbocycles. The predicted molar refractivity (Wildman–Crippen MR) is 65.7 cm³/mol. The third kappa shape index (κ3) is 1.23. The molecule has 1 aliphatic rings. The summed E-state index contributed by atoms with van der Waals surface area (Å²) in [4.78, 5) is 3.28. The zero-order valence-corrected chi connectivity index (χ0v) is 9.76. The highest BCUT2D eigenvalue weighted by molar-refractivity contribution is 9.10. The van der Waals surface area contributed by atoms with Crippen LogP contribution in [0.15, 0.2) is 28.9 Å². The number of terminal acetylenes is 1. The monoisotopic (exact) mass is 259 g/mol. The Kier molecular flexibility index (Phi) is 1.75. The Hall–Kier alpha value is -1.20. The molecule has 2 aromatic rings. The molecular formula is C13H10BrN. The second-order valence-electron chi connectivity index (χ2n) is 4.12. The first-order valence-corrected chi connectivity index (χ1v) is 5.79. The normalized spacial score (nSPS) is 17.6. The van der Waals surface area contributed by atoms with Crippen molar-refractivity contribution in [2.45, 2.75) is 18.3 Å². The van der Waals surface area contributed by atoms with Crippen LogP contribution in [0.5, 0.6) is 0 Å². The summed E-state index contributed by atoms with van der Waals surface area (Å²) in [5, 5.41) is 1.25.